The van der Waals surface area contributed by atoms with E-state index in [9.17, 15) is 26.7 Å². The monoisotopic (exact) mass is 381 g/mol. The number of amides is 1. The fourth-order valence-electron chi connectivity index (χ4n) is 0.857. The van der Waals surface area contributed by atoms with Crippen LogP contribution < -0.4 is 5.32 Å². The van der Waals surface area contributed by atoms with Crippen LogP contribution in [-0.2, 0) is 4.79 Å². The first-order valence-corrected chi connectivity index (χ1v) is 5.44. The van der Waals surface area contributed by atoms with Crippen LogP contribution in [0.4, 0.5) is 27.6 Å². The van der Waals surface area contributed by atoms with Crippen molar-refractivity contribution in [2.75, 3.05) is 5.32 Å². The third-order valence-electron chi connectivity index (χ3n) is 1.61. The van der Waals surface area contributed by atoms with Crippen LogP contribution in [0.3, 0.4) is 0 Å². The van der Waals surface area contributed by atoms with Gasteiger partial charge in [0.1, 0.15) is 0 Å². The van der Waals surface area contributed by atoms with E-state index in [1.54, 1.807) is 0 Å². The van der Waals surface area contributed by atoms with E-state index in [1.807, 2.05) is 0 Å². The molecule has 1 rings (SSSR count). The Morgan fingerprint density at radius 1 is 1.18 bits per heavy atom. The predicted molar refractivity (Wildman–Crippen MR) is 56.4 cm³/mol. The first kappa shape index (κ1) is 14.4. The van der Waals surface area contributed by atoms with Crippen LogP contribution in [0, 0.1) is 11.6 Å². The molecule has 0 fully saturated rings. The molecule has 1 N–H and O–H groups in total. The summed E-state index contributed by atoms with van der Waals surface area (Å²) in [6.45, 7) is 0. The second-order valence-electron chi connectivity index (χ2n) is 2.80. The molecule has 0 bridgehead atoms. The highest BCUT2D eigenvalue weighted by Crippen LogP contribution is 2.33. The summed E-state index contributed by atoms with van der Waals surface area (Å²) in [4.78, 5) is 10.6. The number of alkyl halides is 3. The van der Waals surface area contributed by atoms with Crippen LogP contribution in [0.2, 0.25) is 0 Å². The van der Waals surface area contributed by atoms with Crippen LogP contribution in [0.25, 0.3) is 0 Å². The molecule has 94 valence electrons. The third-order valence-corrected chi connectivity index (χ3v) is 2.96. The summed E-state index contributed by atoms with van der Waals surface area (Å²) in [6.07, 6.45) is -5.11. The minimum atomic E-state index is -5.11. The van der Waals surface area contributed by atoms with Crippen molar-refractivity contribution in [1.29, 1.82) is 0 Å². The Morgan fingerprint density at radius 2 is 1.71 bits per heavy atom. The van der Waals surface area contributed by atoms with E-state index in [0.717, 1.165) is 6.07 Å². The lowest BCUT2D eigenvalue weighted by Crippen LogP contribution is -2.30. The number of hydrogen-bond acceptors (Lipinski definition) is 1. The smallest absolute Gasteiger partial charge is 0.317 e. The number of anilines is 1. The molecule has 0 heterocycles. The van der Waals surface area contributed by atoms with Crippen molar-refractivity contribution in [2.45, 2.75) is 6.18 Å². The molecule has 0 aromatic heterocycles. The van der Waals surface area contributed by atoms with Gasteiger partial charge in [-0.05, 0) is 37.9 Å². The van der Waals surface area contributed by atoms with Crippen LogP contribution in [-0.4, -0.2) is 12.1 Å². The van der Waals surface area contributed by atoms with Crippen molar-refractivity contribution in [1.82, 2.24) is 0 Å². The van der Waals surface area contributed by atoms with Gasteiger partial charge in [0.05, 0.1) is 14.6 Å². The van der Waals surface area contributed by atoms with Gasteiger partial charge in [0.15, 0.2) is 11.6 Å². The second-order valence-corrected chi connectivity index (χ2v) is 4.45. The topological polar surface area (TPSA) is 29.1 Å². The predicted octanol–water partition coefficient (Wildman–Crippen LogP) is 3.99. The van der Waals surface area contributed by atoms with E-state index in [1.165, 1.54) is 5.32 Å². The molecule has 0 atom stereocenters. The van der Waals surface area contributed by atoms with Gasteiger partial charge in [-0.15, -0.1) is 0 Å². The van der Waals surface area contributed by atoms with E-state index in [-0.39, 0.29) is 0 Å². The average Bonchev–Trinajstić information content (AvgIpc) is 2.21. The summed E-state index contributed by atoms with van der Waals surface area (Å²) in [5, 5.41) is 1.41. The van der Waals surface area contributed by atoms with Gasteiger partial charge in [-0.25, -0.2) is 8.78 Å². The van der Waals surface area contributed by atoms with Crippen LogP contribution in [0.1, 0.15) is 0 Å². The summed E-state index contributed by atoms with van der Waals surface area (Å²) in [5.41, 5.74) is -0.530. The standard InChI is InChI=1S/C8H2Br2F5NO/c9-2-1-3(4(10)6(12)5(2)11)16-7(17)8(13,14)15/h1H,(H,16,17). The van der Waals surface area contributed by atoms with Crippen molar-refractivity contribution < 1.29 is 26.7 Å². The van der Waals surface area contributed by atoms with Gasteiger partial charge in [-0.1, -0.05) is 0 Å². The average molecular weight is 383 g/mol. The zero-order valence-electron chi connectivity index (χ0n) is 7.63. The maximum atomic E-state index is 13.1. The van der Waals surface area contributed by atoms with Gasteiger partial charge < -0.3 is 5.32 Å². The zero-order valence-corrected chi connectivity index (χ0v) is 10.8. The van der Waals surface area contributed by atoms with Gasteiger partial charge >= 0.3 is 12.1 Å². The van der Waals surface area contributed by atoms with Crippen molar-refractivity contribution in [2.24, 2.45) is 0 Å². The van der Waals surface area contributed by atoms with Gasteiger partial charge in [0.2, 0.25) is 0 Å². The summed E-state index contributed by atoms with van der Waals surface area (Å²) < 4.78 is 60.9. The van der Waals surface area contributed by atoms with Crippen LogP contribution in [0.15, 0.2) is 15.0 Å². The van der Waals surface area contributed by atoms with Crippen molar-refractivity contribution >= 4 is 43.5 Å². The molecule has 9 heteroatoms. The van der Waals surface area contributed by atoms with Crippen molar-refractivity contribution in [3.63, 3.8) is 0 Å². The molecule has 0 saturated carbocycles. The molecule has 0 aliphatic heterocycles. The second kappa shape index (κ2) is 4.89. The quantitative estimate of drug-likeness (QED) is 0.444. The molecule has 0 aliphatic rings. The Labute approximate surface area is 108 Å². The molecule has 0 spiro atoms. The highest BCUT2D eigenvalue weighted by molar-refractivity contribution is 9.11. The molecule has 0 radical (unpaired) electrons. The third kappa shape index (κ3) is 3.15. The Kier molecular flexibility index (Phi) is 4.13. The summed E-state index contributed by atoms with van der Waals surface area (Å²) in [6, 6.07) is 0.812. The number of benzene rings is 1. The molecule has 1 aromatic carbocycles. The molecule has 17 heavy (non-hydrogen) atoms. The minimum absolute atomic E-state index is 0.407. The zero-order chi connectivity index (χ0) is 13.4. The molecule has 0 aliphatic carbocycles. The molecule has 0 unspecified atom stereocenters. The maximum absolute atomic E-state index is 13.1. The van der Waals surface area contributed by atoms with Gasteiger partial charge in [0, 0.05) is 0 Å². The lowest BCUT2D eigenvalue weighted by Gasteiger charge is -2.11. The summed E-state index contributed by atoms with van der Waals surface area (Å²) in [5.74, 6) is -4.96. The molecule has 1 aromatic rings. The first-order valence-electron chi connectivity index (χ1n) is 3.85. The van der Waals surface area contributed by atoms with E-state index in [2.05, 4.69) is 31.9 Å². The van der Waals surface area contributed by atoms with Gasteiger partial charge in [-0.3, -0.25) is 4.79 Å². The summed E-state index contributed by atoms with van der Waals surface area (Å²) >= 11 is 5.15. The molecule has 1 amide bonds. The lowest BCUT2D eigenvalue weighted by molar-refractivity contribution is -0.167. The molecule has 2 nitrogen and oxygen atoms in total. The highest BCUT2D eigenvalue weighted by Gasteiger charge is 2.39. The normalized spacial score (nSPS) is 11.5. The Morgan fingerprint density at radius 3 is 2.18 bits per heavy atom. The number of hydrogen-bond donors (Lipinski definition) is 1. The number of carbonyl (C=O) groups is 1. The summed E-state index contributed by atoms with van der Waals surface area (Å²) in [7, 11) is 0. The number of nitrogens with one attached hydrogen (secondary N) is 1. The molecular formula is C8H2Br2F5NO. The minimum Gasteiger partial charge on any atom is -0.317 e. The van der Waals surface area contributed by atoms with E-state index >= 15 is 0 Å². The van der Waals surface area contributed by atoms with Gasteiger partial charge in [0.25, 0.3) is 0 Å². The van der Waals surface area contributed by atoms with E-state index in [0.29, 0.717) is 0 Å². The first-order chi connectivity index (χ1) is 7.64. The fraction of sp³-hybridized carbons (Fsp3) is 0.125. The van der Waals surface area contributed by atoms with Crippen molar-refractivity contribution in [3.05, 3.63) is 26.6 Å². The van der Waals surface area contributed by atoms with Crippen molar-refractivity contribution in [3.8, 4) is 0 Å². The Hall–Kier alpha value is -0.700. The highest BCUT2D eigenvalue weighted by atomic mass is 79.9. The maximum Gasteiger partial charge on any atom is 0.471 e. The largest absolute Gasteiger partial charge is 0.471 e. The van der Waals surface area contributed by atoms with E-state index < -0.39 is 38.4 Å². The SMILES string of the molecule is O=C(Nc1cc(Br)c(F)c(F)c1Br)C(F)(F)F. The molecular weight excluding hydrogens is 381 g/mol. The lowest BCUT2D eigenvalue weighted by atomic mass is 10.3. The van der Waals surface area contributed by atoms with Crippen LogP contribution >= 0.6 is 31.9 Å². The Bertz CT molecular complexity index is 474. The van der Waals surface area contributed by atoms with E-state index in [4.69, 9.17) is 0 Å². The molecule has 0 saturated heterocycles. The Balaban J connectivity index is 3.13. The van der Waals surface area contributed by atoms with Gasteiger partial charge in [-0.2, -0.15) is 13.2 Å². The number of carbonyl (C=O) groups excluding carboxylic acids is 1. The fourth-order valence-corrected chi connectivity index (χ4v) is 1.65. The number of rotatable bonds is 1. The van der Waals surface area contributed by atoms with Crippen LogP contribution in [0.5, 0.6) is 0 Å². The number of halogens is 7.